The third-order valence-corrected chi connectivity index (χ3v) is 3.62. The van der Waals surface area contributed by atoms with Crippen LogP contribution in [0.15, 0.2) is 18.2 Å². The average molecular weight is 287 g/mol. The van der Waals surface area contributed by atoms with Crippen molar-refractivity contribution in [2.45, 2.75) is 31.9 Å². The number of hydrogen-bond donors (Lipinski definition) is 2. The van der Waals surface area contributed by atoms with Gasteiger partial charge in [-0.3, -0.25) is 0 Å². The van der Waals surface area contributed by atoms with E-state index >= 15 is 0 Å². The van der Waals surface area contributed by atoms with Crippen molar-refractivity contribution in [1.29, 1.82) is 0 Å². The minimum absolute atomic E-state index is 0.314. The standard InChI is InChI=1S/C14H16F3NO2/c15-14(16,17)12-7-10(5-6-11(12)13(19)20)18-8-9-3-1-2-4-9/h5-7,9,18H,1-4,8H2,(H,19,20). The molecule has 1 aromatic rings. The van der Waals surface area contributed by atoms with Crippen molar-refractivity contribution < 1.29 is 23.1 Å². The monoisotopic (exact) mass is 287 g/mol. The summed E-state index contributed by atoms with van der Waals surface area (Å²) >= 11 is 0. The van der Waals surface area contributed by atoms with Crippen molar-refractivity contribution in [3.8, 4) is 0 Å². The summed E-state index contributed by atoms with van der Waals surface area (Å²) in [6.07, 6.45) is -0.159. The second-order valence-electron chi connectivity index (χ2n) is 5.09. The summed E-state index contributed by atoms with van der Waals surface area (Å²) in [5.41, 5.74) is -1.51. The molecular formula is C14H16F3NO2. The zero-order valence-corrected chi connectivity index (χ0v) is 10.8. The normalized spacial score (nSPS) is 16.4. The molecule has 0 heterocycles. The van der Waals surface area contributed by atoms with Crippen LogP contribution in [-0.2, 0) is 6.18 Å². The van der Waals surface area contributed by atoms with Gasteiger partial charge in [0.25, 0.3) is 0 Å². The molecule has 0 spiro atoms. The van der Waals surface area contributed by atoms with Gasteiger partial charge < -0.3 is 10.4 Å². The highest BCUT2D eigenvalue weighted by Crippen LogP contribution is 2.34. The molecule has 0 bridgehead atoms. The van der Waals surface area contributed by atoms with Crippen molar-refractivity contribution in [3.63, 3.8) is 0 Å². The van der Waals surface area contributed by atoms with Gasteiger partial charge in [0.2, 0.25) is 0 Å². The SMILES string of the molecule is O=C(O)c1ccc(NCC2CCCC2)cc1C(F)(F)F. The quantitative estimate of drug-likeness (QED) is 0.879. The highest BCUT2D eigenvalue weighted by Gasteiger charge is 2.35. The highest BCUT2D eigenvalue weighted by atomic mass is 19.4. The Morgan fingerprint density at radius 1 is 1.30 bits per heavy atom. The minimum atomic E-state index is -4.67. The van der Waals surface area contributed by atoms with Crippen LogP contribution in [-0.4, -0.2) is 17.6 Å². The Bertz CT molecular complexity index is 494. The number of carboxylic acid groups (broad SMARTS) is 1. The molecule has 0 aliphatic heterocycles. The summed E-state index contributed by atoms with van der Waals surface area (Å²) in [6.45, 7) is 0.629. The van der Waals surface area contributed by atoms with E-state index in [4.69, 9.17) is 5.11 Å². The van der Waals surface area contributed by atoms with Crippen LogP contribution in [0.4, 0.5) is 18.9 Å². The van der Waals surface area contributed by atoms with Crippen LogP contribution in [0.2, 0.25) is 0 Å². The fraction of sp³-hybridized carbons (Fsp3) is 0.500. The van der Waals surface area contributed by atoms with Crippen molar-refractivity contribution >= 4 is 11.7 Å². The van der Waals surface area contributed by atoms with Crippen molar-refractivity contribution in [3.05, 3.63) is 29.3 Å². The van der Waals surface area contributed by atoms with E-state index in [0.29, 0.717) is 18.2 Å². The molecule has 3 nitrogen and oxygen atoms in total. The Morgan fingerprint density at radius 3 is 2.50 bits per heavy atom. The van der Waals surface area contributed by atoms with Gasteiger partial charge in [-0.1, -0.05) is 12.8 Å². The van der Waals surface area contributed by atoms with Gasteiger partial charge in [0.05, 0.1) is 11.1 Å². The van der Waals surface area contributed by atoms with E-state index < -0.39 is 23.3 Å². The summed E-state index contributed by atoms with van der Waals surface area (Å²) in [5, 5.41) is 11.8. The van der Waals surface area contributed by atoms with Crippen molar-refractivity contribution in [1.82, 2.24) is 0 Å². The molecule has 0 atom stereocenters. The lowest BCUT2D eigenvalue weighted by Crippen LogP contribution is -2.15. The van der Waals surface area contributed by atoms with E-state index in [9.17, 15) is 18.0 Å². The molecule has 2 rings (SSSR count). The third kappa shape index (κ3) is 3.43. The fourth-order valence-corrected chi connectivity index (χ4v) is 2.55. The zero-order chi connectivity index (χ0) is 14.8. The molecule has 1 aliphatic carbocycles. The number of rotatable bonds is 4. The maximum absolute atomic E-state index is 12.8. The predicted molar refractivity (Wildman–Crippen MR) is 68.9 cm³/mol. The van der Waals surface area contributed by atoms with E-state index in [2.05, 4.69) is 5.32 Å². The van der Waals surface area contributed by atoms with Gasteiger partial charge in [-0.25, -0.2) is 4.79 Å². The largest absolute Gasteiger partial charge is 0.478 e. The number of nitrogens with one attached hydrogen (secondary N) is 1. The van der Waals surface area contributed by atoms with Crippen LogP contribution in [0, 0.1) is 5.92 Å². The Labute approximate surface area is 114 Å². The lowest BCUT2D eigenvalue weighted by atomic mass is 10.1. The van der Waals surface area contributed by atoms with Crippen LogP contribution in [0.3, 0.4) is 0 Å². The second kappa shape index (κ2) is 5.73. The molecule has 1 aromatic carbocycles. The lowest BCUT2D eigenvalue weighted by molar-refractivity contribution is -0.138. The number of hydrogen-bond acceptors (Lipinski definition) is 2. The molecular weight excluding hydrogens is 271 g/mol. The Hall–Kier alpha value is -1.72. The van der Waals surface area contributed by atoms with E-state index in [-0.39, 0.29) is 0 Å². The Kier molecular flexibility index (Phi) is 4.20. The molecule has 0 amide bonds. The van der Waals surface area contributed by atoms with Crippen LogP contribution >= 0.6 is 0 Å². The van der Waals surface area contributed by atoms with Gasteiger partial charge in [-0.2, -0.15) is 13.2 Å². The van der Waals surface area contributed by atoms with Gasteiger partial charge in [0.15, 0.2) is 0 Å². The lowest BCUT2D eigenvalue weighted by Gasteiger charge is -2.15. The second-order valence-corrected chi connectivity index (χ2v) is 5.09. The van der Waals surface area contributed by atoms with Gasteiger partial charge >= 0.3 is 12.1 Å². The number of anilines is 1. The smallest absolute Gasteiger partial charge is 0.417 e. The number of benzene rings is 1. The molecule has 110 valence electrons. The first-order valence-electron chi connectivity index (χ1n) is 6.56. The van der Waals surface area contributed by atoms with Crippen molar-refractivity contribution in [2.24, 2.45) is 5.92 Å². The predicted octanol–water partition coefficient (Wildman–Crippen LogP) is 4.01. The Morgan fingerprint density at radius 2 is 1.95 bits per heavy atom. The van der Waals surface area contributed by atoms with Gasteiger partial charge in [0.1, 0.15) is 0 Å². The number of halogens is 3. The number of carboxylic acids is 1. The molecule has 0 aromatic heterocycles. The molecule has 2 N–H and O–H groups in total. The molecule has 1 fully saturated rings. The number of carbonyl (C=O) groups is 1. The average Bonchev–Trinajstić information content (AvgIpc) is 2.88. The summed E-state index contributed by atoms with van der Waals surface area (Å²) in [5.74, 6) is -1.08. The summed E-state index contributed by atoms with van der Waals surface area (Å²) in [7, 11) is 0. The topological polar surface area (TPSA) is 49.3 Å². The molecule has 0 saturated heterocycles. The van der Waals surface area contributed by atoms with E-state index in [1.54, 1.807) is 0 Å². The first-order valence-corrected chi connectivity index (χ1v) is 6.56. The third-order valence-electron chi connectivity index (χ3n) is 3.62. The molecule has 6 heteroatoms. The highest BCUT2D eigenvalue weighted by molar-refractivity contribution is 5.90. The summed E-state index contributed by atoms with van der Waals surface area (Å²) in [6, 6.07) is 3.26. The molecule has 1 saturated carbocycles. The van der Waals surface area contributed by atoms with E-state index in [1.807, 2.05) is 0 Å². The number of aromatic carboxylic acids is 1. The van der Waals surface area contributed by atoms with Gasteiger partial charge in [0, 0.05) is 12.2 Å². The molecule has 0 radical (unpaired) electrons. The van der Waals surface area contributed by atoms with Crippen LogP contribution < -0.4 is 5.32 Å². The zero-order valence-electron chi connectivity index (χ0n) is 10.8. The summed E-state index contributed by atoms with van der Waals surface area (Å²) < 4.78 is 38.5. The Balaban J connectivity index is 2.16. The van der Waals surface area contributed by atoms with Gasteiger partial charge in [-0.05, 0) is 37.0 Å². The summed E-state index contributed by atoms with van der Waals surface area (Å²) in [4.78, 5) is 10.8. The fourth-order valence-electron chi connectivity index (χ4n) is 2.55. The first-order chi connectivity index (χ1) is 9.38. The maximum Gasteiger partial charge on any atom is 0.417 e. The van der Waals surface area contributed by atoms with Crippen molar-refractivity contribution in [2.75, 3.05) is 11.9 Å². The number of alkyl halides is 3. The van der Waals surface area contributed by atoms with Crippen LogP contribution in [0.5, 0.6) is 0 Å². The van der Waals surface area contributed by atoms with Gasteiger partial charge in [-0.15, -0.1) is 0 Å². The minimum Gasteiger partial charge on any atom is -0.478 e. The molecule has 1 aliphatic rings. The van der Waals surface area contributed by atoms with Crippen LogP contribution in [0.25, 0.3) is 0 Å². The molecule has 0 unspecified atom stereocenters. The maximum atomic E-state index is 12.8. The van der Waals surface area contributed by atoms with E-state index in [0.717, 1.165) is 37.8 Å². The van der Waals surface area contributed by atoms with Crippen LogP contribution in [0.1, 0.15) is 41.6 Å². The molecule has 20 heavy (non-hydrogen) atoms. The van der Waals surface area contributed by atoms with E-state index in [1.165, 1.54) is 6.07 Å². The first kappa shape index (κ1) is 14.7.